The lowest BCUT2D eigenvalue weighted by Crippen LogP contribution is -2.35. The van der Waals surface area contributed by atoms with E-state index in [1.807, 2.05) is 31.2 Å². The zero-order valence-electron chi connectivity index (χ0n) is 14.0. The quantitative estimate of drug-likeness (QED) is 0.836. The van der Waals surface area contributed by atoms with Gasteiger partial charge in [0.25, 0.3) is 5.91 Å². The SMILES string of the molecule is CCc1ccc(N[C@H]2CC(=O)N(c3cccc(C(F)(F)F)c3)C2=O)cc1. The Bertz CT molecular complexity index is 831. The summed E-state index contributed by atoms with van der Waals surface area (Å²) in [5.74, 6) is -1.09. The van der Waals surface area contributed by atoms with E-state index in [2.05, 4.69) is 5.32 Å². The normalized spacial score (nSPS) is 17.7. The van der Waals surface area contributed by atoms with Crippen molar-refractivity contribution in [2.24, 2.45) is 0 Å². The molecule has 0 spiro atoms. The summed E-state index contributed by atoms with van der Waals surface area (Å²) in [5, 5.41) is 2.98. The maximum Gasteiger partial charge on any atom is 0.416 e. The Morgan fingerprint density at radius 1 is 1.12 bits per heavy atom. The zero-order chi connectivity index (χ0) is 18.9. The van der Waals surface area contributed by atoms with Crippen LogP contribution >= 0.6 is 0 Å². The molecule has 1 saturated heterocycles. The van der Waals surface area contributed by atoms with Crippen LogP contribution in [0, 0.1) is 0 Å². The molecule has 1 N–H and O–H groups in total. The molecule has 1 atom stereocenters. The number of aryl methyl sites for hydroxylation is 1. The molecule has 26 heavy (non-hydrogen) atoms. The van der Waals surface area contributed by atoms with Gasteiger partial charge in [-0.05, 0) is 42.3 Å². The first-order valence-corrected chi connectivity index (χ1v) is 8.19. The fourth-order valence-electron chi connectivity index (χ4n) is 2.88. The van der Waals surface area contributed by atoms with Crippen LogP contribution < -0.4 is 10.2 Å². The first-order valence-electron chi connectivity index (χ1n) is 8.19. The number of hydrogen-bond acceptors (Lipinski definition) is 3. The highest BCUT2D eigenvalue weighted by molar-refractivity contribution is 6.23. The zero-order valence-corrected chi connectivity index (χ0v) is 14.0. The van der Waals surface area contributed by atoms with Crippen molar-refractivity contribution in [3.63, 3.8) is 0 Å². The molecular formula is C19H17F3N2O2. The molecule has 2 aromatic rings. The van der Waals surface area contributed by atoms with Crippen molar-refractivity contribution < 1.29 is 22.8 Å². The summed E-state index contributed by atoms with van der Waals surface area (Å²) in [7, 11) is 0. The Labute approximate surface area is 148 Å². The Kier molecular flexibility index (Phi) is 4.71. The number of hydrogen-bond donors (Lipinski definition) is 1. The van der Waals surface area contributed by atoms with Gasteiger partial charge in [-0.2, -0.15) is 13.2 Å². The van der Waals surface area contributed by atoms with E-state index < -0.39 is 29.6 Å². The standard InChI is InChI=1S/C19H17F3N2O2/c1-2-12-6-8-14(9-7-12)23-16-11-17(25)24(18(16)26)15-5-3-4-13(10-15)19(20,21)22/h3-10,16,23H,2,11H2,1H3/t16-/m0/s1. The number of alkyl halides is 3. The summed E-state index contributed by atoms with van der Waals surface area (Å²) in [5.41, 5.74) is 0.844. The molecule has 0 saturated carbocycles. The van der Waals surface area contributed by atoms with E-state index in [0.717, 1.165) is 29.0 Å². The topological polar surface area (TPSA) is 49.4 Å². The lowest BCUT2D eigenvalue weighted by Gasteiger charge is -2.17. The smallest absolute Gasteiger partial charge is 0.373 e. The van der Waals surface area contributed by atoms with Gasteiger partial charge < -0.3 is 5.32 Å². The minimum absolute atomic E-state index is 0.0690. The van der Waals surface area contributed by atoms with Crippen molar-refractivity contribution in [1.29, 1.82) is 0 Å². The van der Waals surface area contributed by atoms with Gasteiger partial charge in [-0.1, -0.05) is 25.1 Å². The van der Waals surface area contributed by atoms with Crippen molar-refractivity contribution in [3.8, 4) is 0 Å². The molecule has 0 aliphatic carbocycles. The number of halogens is 3. The van der Waals surface area contributed by atoms with Gasteiger partial charge >= 0.3 is 6.18 Å². The summed E-state index contributed by atoms with van der Waals surface area (Å²) in [6, 6.07) is 10.9. The van der Waals surface area contributed by atoms with Crippen LogP contribution in [0.5, 0.6) is 0 Å². The van der Waals surface area contributed by atoms with Gasteiger partial charge in [0.15, 0.2) is 0 Å². The van der Waals surface area contributed by atoms with E-state index in [0.29, 0.717) is 5.69 Å². The van der Waals surface area contributed by atoms with Crippen molar-refractivity contribution in [1.82, 2.24) is 0 Å². The van der Waals surface area contributed by atoms with Gasteiger partial charge in [-0.15, -0.1) is 0 Å². The molecule has 4 nitrogen and oxygen atoms in total. The van der Waals surface area contributed by atoms with Crippen LogP contribution in [0.2, 0.25) is 0 Å². The van der Waals surface area contributed by atoms with Gasteiger partial charge in [-0.3, -0.25) is 9.59 Å². The highest BCUT2D eigenvalue weighted by atomic mass is 19.4. The lowest BCUT2D eigenvalue weighted by atomic mass is 10.1. The highest BCUT2D eigenvalue weighted by Crippen LogP contribution is 2.33. The van der Waals surface area contributed by atoms with Crippen molar-refractivity contribution in [2.75, 3.05) is 10.2 Å². The number of rotatable bonds is 4. The Morgan fingerprint density at radius 2 is 1.81 bits per heavy atom. The fourth-order valence-corrected chi connectivity index (χ4v) is 2.88. The average molecular weight is 362 g/mol. The van der Waals surface area contributed by atoms with Crippen LogP contribution in [0.25, 0.3) is 0 Å². The number of carbonyl (C=O) groups is 2. The second kappa shape index (κ2) is 6.82. The van der Waals surface area contributed by atoms with Crippen molar-refractivity contribution in [3.05, 3.63) is 59.7 Å². The Balaban J connectivity index is 1.80. The van der Waals surface area contributed by atoms with E-state index >= 15 is 0 Å². The minimum Gasteiger partial charge on any atom is -0.373 e. The van der Waals surface area contributed by atoms with Gasteiger partial charge in [-0.25, -0.2) is 4.90 Å². The molecule has 1 fully saturated rings. The second-order valence-corrected chi connectivity index (χ2v) is 6.07. The molecule has 0 radical (unpaired) electrons. The number of nitrogens with zero attached hydrogens (tertiary/aromatic N) is 1. The molecule has 1 heterocycles. The monoisotopic (exact) mass is 362 g/mol. The minimum atomic E-state index is -4.54. The van der Waals surface area contributed by atoms with Gasteiger partial charge in [0.1, 0.15) is 6.04 Å². The first-order chi connectivity index (χ1) is 12.3. The van der Waals surface area contributed by atoms with Crippen LogP contribution in [0.4, 0.5) is 24.5 Å². The molecule has 136 valence electrons. The lowest BCUT2D eigenvalue weighted by molar-refractivity contribution is -0.137. The maximum atomic E-state index is 12.9. The number of imide groups is 1. The Hall–Kier alpha value is -2.83. The molecule has 2 aromatic carbocycles. The predicted molar refractivity (Wildman–Crippen MR) is 91.8 cm³/mol. The van der Waals surface area contributed by atoms with Crippen LogP contribution in [0.1, 0.15) is 24.5 Å². The third-order valence-corrected chi connectivity index (χ3v) is 4.28. The molecular weight excluding hydrogens is 345 g/mol. The van der Waals surface area contributed by atoms with E-state index in [1.165, 1.54) is 12.1 Å². The summed E-state index contributed by atoms with van der Waals surface area (Å²) in [4.78, 5) is 25.6. The largest absolute Gasteiger partial charge is 0.416 e. The third kappa shape index (κ3) is 3.56. The van der Waals surface area contributed by atoms with Crippen molar-refractivity contribution >= 4 is 23.2 Å². The summed E-state index contributed by atoms with van der Waals surface area (Å²) in [6.45, 7) is 2.02. The van der Waals surface area contributed by atoms with Gasteiger partial charge in [0.2, 0.25) is 5.91 Å². The molecule has 1 aliphatic heterocycles. The average Bonchev–Trinajstić information content (AvgIpc) is 2.88. The molecule has 3 rings (SSSR count). The fraction of sp³-hybridized carbons (Fsp3) is 0.263. The summed E-state index contributed by atoms with van der Waals surface area (Å²) >= 11 is 0. The van der Waals surface area contributed by atoms with Gasteiger partial charge in [0.05, 0.1) is 17.7 Å². The first kappa shape index (κ1) is 18.0. The van der Waals surface area contributed by atoms with Crippen LogP contribution in [0.15, 0.2) is 48.5 Å². The maximum absolute atomic E-state index is 12.9. The molecule has 0 bridgehead atoms. The van der Waals surface area contributed by atoms with E-state index in [-0.39, 0.29) is 12.1 Å². The van der Waals surface area contributed by atoms with Crippen LogP contribution in [0.3, 0.4) is 0 Å². The molecule has 1 aliphatic rings. The predicted octanol–water partition coefficient (Wildman–Crippen LogP) is 4.01. The molecule has 7 heteroatoms. The van der Waals surface area contributed by atoms with E-state index in [9.17, 15) is 22.8 Å². The van der Waals surface area contributed by atoms with E-state index in [4.69, 9.17) is 0 Å². The van der Waals surface area contributed by atoms with Crippen LogP contribution in [-0.2, 0) is 22.2 Å². The number of nitrogens with one attached hydrogen (secondary N) is 1. The highest BCUT2D eigenvalue weighted by Gasteiger charge is 2.40. The number of carbonyl (C=O) groups excluding carboxylic acids is 2. The van der Waals surface area contributed by atoms with Gasteiger partial charge in [0, 0.05) is 5.69 Å². The van der Waals surface area contributed by atoms with E-state index in [1.54, 1.807) is 0 Å². The van der Waals surface area contributed by atoms with Crippen LogP contribution in [-0.4, -0.2) is 17.9 Å². The molecule has 0 unspecified atom stereocenters. The molecule has 0 aromatic heterocycles. The second-order valence-electron chi connectivity index (χ2n) is 6.07. The summed E-state index contributed by atoms with van der Waals surface area (Å²) < 4.78 is 38.6. The Morgan fingerprint density at radius 3 is 2.42 bits per heavy atom. The van der Waals surface area contributed by atoms with Crippen molar-refractivity contribution in [2.45, 2.75) is 32.0 Å². The third-order valence-electron chi connectivity index (χ3n) is 4.28. The number of amides is 2. The number of anilines is 2. The summed E-state index contributed by atoms with van der Waals surface area (Å²) in [6.07, 6.45) is -3.77. The number of benzene rings is 2. The molecule has 2 amide bonds.